The molecule has 0 amide bonds. The highest BCUT2D eigenvalue weighted by atomic mass is 16.6. The fourth-order valence-electron chi connectivity index (χ4n) is 1.62. The summed E-state index contributed by atoms with van der Waals surface area (Å²) in [7, 11) is 0. The highest BCUT2D eigenvalue weighted by molar-refractivity contribution is 5.97. The Balaban J connectivity index is 1.96. The van der Waals surface area contributed by atoms with Crippen molar-refractivity contribution < 1.29 is 14.3 Å². The summed E-state index contributed by atoms with van der Waals surface area (Å²) in [4.78, 5) is 8.08. The standard InChI is InChI=1S/C12H9N5O3/c18-16-12(10-5-14-20-17-10)15-9-3-1-2-8(4-9)11-6-13-7-19-11/h1-7,18H,(H,15,16). The van der Waals surface area contributed by atoms with Gasteiger partial charge in [-0.25, -0.2) is 14.6 Å². The lowest BCUT2D eigenvalue weighted by molar-refractivity contribution is 0.234. The Hall–Kier alpha value is -3.00. The molecule has 0 fully saturated rings. The molecule has 3 aromatic rings. The quantitative estimate of drug-likeness (QED) is 0.424. The predicted octanol–water partition coefficient (Wildman–Crippen LogP) is 1.78. The molecule has 2 heterocycles. The average molecular weight is 271 g/mol. The van der Waals surface area contributed by atoms with E-state index in [0.29, 0.717) is 11.4 Å². The van der Waals surface area contributed by atoms with E-state index >= 15 is 0 Å². The van der Waals surface area contributed by atoms with Crippen LogP contribution in [0.25, 0.3) is 11.3 Å². The fourth-order valence-corrected chi connectivity index (χ4v) is 1.62. The number of benzene rings is 1. The van der Waals surface area contributed by atoms with Gasteiger partial charge >= 0.3 is 0 Å². The SMILES string of the molecule is ONC(=Nc1cccc(-c2cnco2)c1)c1cnon1. The van der Waals surface area contributed by atoms with Crippen molar-refractivity contribution >= 4 is 11.5 Å². The molecule has 0 spiro atoms. The molecule has 0 saturated heterocycles. The van der Waals surface area contributed by atoms with Crippen LogP contribution >= 0.6 is 0 Å². The maximum atomic E-state index is 9.09. The molecule has 0 aliphatic heterocycles. The number of hydroxylamine groups is 1. The smallest absolute Gasteiger partial charge is 0.181 e. The third kappa shape index (κ3) is 2.40. The summed E-state index contributed by atoms with van der Waals surface area (Å²) in [5.41, 5.74) is 3.66. The lowest BCUT2D eigenvalue weighted by Crippen LogP contribution is -2.20. The molecule has 0 aliphatic rings. The van der Waals surface area contributed by atoms with Crippen LogP contribution in [0.4, 0.5) is 5.69 Å². The molecule has 0 unspecified atom stereocenters. The van der Waals surface area contributed by atoms with Gasteiger partial charge < -0.3 is 4.42 Å². The van der Waals surface area contributed by atoms with Crippen molar-refractivity contribution in [3.8, 4) is 11.3 Å². The zero-order valence-electron chi connectivity index (χ0n) is 10.1. The lowest BCUT2D eigenvalue weighted by Gasteiger charge is -2.01. The van der Waals surface area contributed by atoms with E-state index in [4.69, 9.17) is 9.62 Å². The number of rotatable bonds is 3. The molecule has 20 heavy (non-hydrogen) atoms. The van der Waals surface area contributed by atoms with E-state index in [1.807, 2.05) is 17.6 Å². The van der Waals surface area contributed by atoms with Crippen molar-refractivity contribution in [3.05, 3.63) is 48.7 Å². The second kappa shape index (κ2) is 5.33. The molecule has 100 valence electrons. The topological polar surface area (TPSA) is 110 Å². The summed E-state index contributed by atoms with van der Waals surface area (Å²) in [5, 5.41) is 16.1. The first-order valence-electron chi connectivity index (χ1n) is 5.62. The second-order valence-electron chi connectivity index (χ2n) is 3.78. The van der Waals surface area contributed by atoms with Crippen LogP contribution in [-0.4, -0.2) is 26.3 Å². The highest BCUT2D eigenvalue weighted by Gasteiger charge is 2.08. The van der Waals surface area contributed by atoms with Crippen molar-refractivity contribution in [2.45, 2.75) is 0 Å². The molecule has 0 aliphatic carbocycles. The van der Waals surface area contributed by atoms with Crippen LogP contribution in [-0.2, 0) is 0 Å². The van der Waals surface area contributed by atoms with E-state index in [0.717, 1.165) is 5.56 Å². The number of amidine groups is 1. The summed E-state index contributed by atoms with van der Waals surface area (Å²) in [5.74, 6) is 0.754. The van der Waals surface area contributed by atoms with Gasteiger partial charge in [0.15, 0.2) is 23.7 Å². The van der Waals surface area contributed by atoms with Crippen LogP contribution in [0, 0.1) is 0 Å². The molecule has 3 rings (SSSR count). The number of hydrogen-bond donors (Lipinski definition) is 2. The van der Waals surface area contributed by atoms with Gasteiger partial charge in [0.25, 0.3) is 0 Å². The number of nitrogens with zero attached hydrogens (tertiary/aromatic N) is 4. The molecule has 2 aromatic heterocycles. The number of aliphatic imine (C=N–C) groups is 1. The Morgan fingerprint density at radius 2 is 2.25 bits per heavy atom. The van der Waals surface area contributed by atoms with Gasteiger partial charge in [0.05, 0.1) is 11.9 Å². The zero-order chi connectivity index (χ0) is 13.8. The third-order valence-corrected chi connectivity index (χ3v) is 2.51. The highest BCUT2D eigenvalue weighted by Crippen LogP contribution is 2.23. The number of oxazole rings is 1. The number of aromatic nitrogens is 3. The molecule has 8 heteroatoms. The Bertz CT molecular complexity index is 707. The normalized spacial score (nSPS) is 11.6. The molecule has 0 radical (unpaired) electrons. The van der Waals surface area contributed by atoms with Crippen molar-refractivity contribution in [3.63, 3.8) is 0 Å². The summed E-state index contributed by atoms with van der Waals surface area (Å²) >= 11 is 0. The summed E-state index contributed by atoms with van der Waals surface area (Å²) < 4.78 is 9.68. The monoisotopic (exact) mass is 271 g/mol. The van der Waals surface area contributed by atoms with Gasteiger partial charge in [-0.2, -0.15) is 0 Å². The van der Waals surface area contributed by atoms with Gasteiger partial charge in [-0.05, 0) is 17.3 Å². The van der Waals surface area contributed by atoms with Gasteiger partial charge in [-0.1, -0.05) is 17.3 Å². The Morgan fingerprint density at radius 3 is 2.95 bits per heavy atom. The Labute approximate surface area is 112 Å². The summed E-state index contributed by atoms with van der Waals surface area (Å²) in [6, 6.07) is 7.23. The molecule has 2 N–H and O–H groups in total. The first-order chi connectivity index (χ1) is 9.86. The predicted molar refractivity (Wildman–Crippen MR) is 67.4 cm³/mol. The van der Waals surface area contributed by atoms with E-state index in [-0.39, 0.29) is 11.5 Å². The Kier molecular flexibility index (Phi) is 3.21. The van der Waals surface area contributed by atoms with E-state index in [9.17, 15) is 0 Å². The van der Waals surface area contributed by atoms with Gasteiger partial charge in [0, 0.05) is 5.56 Å². The van der Waals surface area contributed by atoms with Gasteiger partial charge in [0.2, 0.25) is 0 Å². The maximum Gasteiger partial charge on any atom is 0.181 e. The van der Waals surface area contributed by atoms with Crippen LogP contribution in [0.3, 0.4) is 0 Å². The largest absolute Gasteiger partial charge is 0.444 e. The van der Waals surface area contributed by atoms with Gasteiger partial charge in [-0.3, -0.25) is 10.7 Å². The molecule has 0 bridgehead atoms. The fraction of sp³-hybridized carbons (Fsp3) is 0. The van der Waals surface area contributed by atoms with Crippen LogP contribution in [0.5, 0.6) is 0 Å². The lowest BCUT2D eigenvalue weighted by atomic mass is 10.1. The first-order valence-corrected chi connectivity index (χ1v) is 5.62. The van der Waals surface area contributed by atoms with Crippen LogP contribution in [0.2, 0.25) is 0 Å². The van der Waals surface area contributed by atoms with Crippen LogP contribution in [0.1, 0.15) is 5.69 Å². The van der Waals surface area contributed by atoms with Crippen molar-refractivity contribution in [1.29, 1.82) is 0 Å². The van der Waals surface area contributed by atoms with E-state index in [2.05, 4.69) is 24.9 Å². The Morgan fingerprint density at radius 1 is 1.30 bits per heavy atom. The van der Waals surface area contributed by atoms with Crippen molar-refractivity contribution in [1.82, 2.24) is 20.8 Å². The van der Waals surface area contributed by atoms with E-state index in [1.54, 1.807) is 18.3 Å². The van der Waals surface area contributed by atoms with Crippen LogP contribution in [0.15, 0.2) is 57.1 Å². The van der Waals surface area contributed by atoms with Crippen LogP contribution < -0.4 is 5.48 Å². The zero-order valence-corrected chi connectivity index (χ0v) is 10.1. The minimum atomic E-state index is 0.126. The average Bonchev–Trinajstić information content (AvgIpc) is 3.17. The van der Waals surface area contributed by atoms with Crippen molar-refractivity contribution in [2.24, 2.45) is 4.99 Å². The number of hydrogen-bond acceptors (Lipinski definition) is 7. The van der Waals surface area contributed by atoms with E-state index < -0.39 is 0 Å². The molecule has 8 nitrogen and oxygen atoms in total. The van der Waals surface area contributed by atoms with E-state index in [1.165, 1.54) is 12.6 Å². The summed E-state index contributed by atoms with van der Waals surface area (Å²) in [6.07, 6.45) is 4.30. The molecule has 0 atom stereocenters. The van der Waals surface area contributed by atoms with Gasteiger partial charge in [0.1, 0.15) is 6.20 Å². The summed E-state index contributed by atoms with van der Waals surface area (Å²) in [6.45, 7) is 0. The minimum Gasteiger partial charge on any atom is -0.444 e. The molecular formula is C12H9N5O3. The number of nitrogens with one attached hydrogen (secondary N) is 1. The second-order valence-corrected chi connectivity index (χ2v) is 3.78. The minimum absolute atomic E-state index is 0.126. The molecule has 0 saturated carbocycles. The molecular weight excluding hydrogens is 262 g/mol. The van der Waals surface area contributed by atoms with Crippen molar-refractivity contribution in [2.75, 3.05) is 0 Å². The van der Waals surface area contributed by atoms with Gasteiger partial charge in [-0.15, -0.1) is 0 Å². The third-order valence-electron chi connectivity index (χ3n) is 2.51. The first kappa shape index (κ1) is 12.1. The maximum absolute atomic E-state index is 9.09. The molecule has 1 aromatic carbocycles.